The molecule has 1 aliphatic heterocycles. The van der Waals surface area contributed by atoms with E-state index >= 15 is 0 Å². The summed E-state index contributed by atoms with van der Waals surface area (Å²) in [5.41, 5.74) is 1.63. The minimum Gasteiger partial charge on any atom is -0.382 e. The molecule has 0 saturated carbocycles. The largest absolute Gasteiger partial charge is 0.382 e. The molecule has 1 aliphatic rings. The quantitative estimate of drug-likeness (QED) is 0.850. The first-order valence-corrected chi connectivity index (χ1v) is 9.02. The van der Waals surface area contributed by atoms with Crippen LogP contribution in [-0.2, 0) is 19.5 Å². The van der Waals surface area contributed by atoms with E-state index < -0.39 is 22.0 Å². The van der Waals surface area contributed by atoms with E-state index in [-0.39, 0.29) is 17.4 Å². The monoisotopic (exact) mass is 324 g/mol. The van der Waals surface area contributed by atoms with Crippen molar-refractivity contribution in [3.8, 4) is 0 Å². The predicted octanol–water partition coefficient (Wildman–Crippen LogP) is 1.12. The smallest absolute Gasteiger partial charge is 0.264 e. The fraction of sp³-hybridized carbons (Fsp3) is 0.467. The van der Waals surface area contributed by atoms with Crippen LogP contribution >= 0.6 is 0 Å². The van der Waals surface area contributed by atoms with E-state index in [2.05, 4.69) is 10.5 Å². The van der Waals surface area contributed by atoms with Gasteiger partial charge < -0.3 is 10.2 Å². The lowest BCUT2D eigenvalue weighted by Crippen LogP contribution is -2.43. The molecular formula is C15H20N2O4S. The standard InChI is InChI=1S/C15H20N2O4S/c1-3-22(19,20)10-11(2)16-15(18)14-9-13(17-21-14)12-7-5-4-6-8-12/h4-8,11,14H,3,9-10H2,1-2H3,(H,16,18). The maximum atomic E-state index is 12.1. The van der Waals surface area contributed by atoms with Gasteiger partial charge in [-0.1, -0.05) is 42.4 Å². The van der Waals surface area contributed by atoms with Gasteiger partial charge >= 0.3 is 0 Å². The highest BCUT2D eigenvalue weighted by molar-refractivity contribution is 7.91. The third-order valence-corrected chi connectivity index (χ3v) is 5.29. The van der Waals surface area contributed by atoms with E-state index in [0.717, 1.165) is 11.3 Å². The lowest BCUT2D eigenvalue weighted by atomic mass is 10.0. The van der Waals surface area contributed by atoms with Crippen molar-refractivity contribution in [2.45, 2.75) is 32.4 Å². The Kier molecular flexibility index (Phi) is 5.18. The van der Waals surface area contributed by atoms with Gasteiger partial charge in [-0.3, -0.25) is 4.79 Å². The van der Waals surface area contributed by atoms with Crippen molar-refractivity contribution >= 4 is 21.5 Å². The summed E-state index contributed by atoms with van der Waals surface area (Å²) in [7, 11) is -3.13. The molecule has 0 bridgehead atoms. The van der Waals surface area contributed by atoms with E-state index in [0.29, 0.717) is 6.42 Å². The van der Waals surface area contributed by atoms with Gasteiger partial charge in [0.25, 0.3) is 5.91 Å². The number of oxime groups is 1. The Morgan fingerprint density at radius 1 is 1.41 bits per heavy atom. The Balaban J connectivity index is 1.88. The number of nitrogens with zero attached hydrogens (tertiary/aromatic N) is 1. The molecule has 2 rings (SSSR count). The zero-order valence-corrected chi connectivity index (χ0v) is 13.5. The molecule has 6 nitrogen and oxygen atoms in total. The second-order valence-corrected chi connectivity index (χ2v) is 7.71. The molecule has 1 heterocycles. The maximum absolute atomic E-state index is 12.1. The van der Waals surface area contributed by atoms with Gasteiger partial charge in [0, 0.05) is 18.2 Å². The molecule has 2 atom stereocenters. The molecule has 1 aromatic rings. The number of benzene rings is 1. The van der Waals surface area contributed by atoms with Gasteiger partial charge in [0.1, 0.15) is 0 Å². The van der Waals surface area contributed by atoms with E-state index in [1.807, 2.05) is 30.3 Å². The van der Waals surface area contributed by atoms with Crippen molar-refractivity contribution in [1.29, 1.82) is 0 Å². The summed E-state index contributed by atoms with van der Waals surface area (Å²) in [5, 5.41) is 6.61. The van der Waals surface area contributed by atoms with Crippen LogP contribution in [0.25, 0.3) is 0 Å². The fourth-order valence-corrected chi connectivity index (χ4v) is 3.28. The Morgan fingerprint density at radius 3 is 2.73 bits per heavy atom. The van der Waals surface area contributed by atoms with Crippen molar-refractivity contribution in [3.63, 3.8) is 0 Å². The first-order chi connectivity index (χ1) is 10.4. The molecule has 0 radical (unpaired) electrons. The summed E-state index contributed by atoms with van der Waals surface area (Å²) in [6.07, 6.45) is -0.328. The molecule has 0 fully saturated rings. The van der Waals surface area contributed by atoms with Gasteiger partial charge in [0.15, 0.2) is 9.84 Å². The number of sulfone groups is 1. The third kappa shape index (κ3) is 4.30. The normalized spacial score (nSPS) is 19.2. The summed E-state index contributed by atoms with van der Waals surface area (Å²) in [4.78, 5) is 17.3. The molecule has 7 heteroatoms. The average Bonchev–Trinajstić information content (AvgIpc) is 2.97. The molecule has 0 aromatic heterocycles. The number of carbonyl (C=O) groups excluding carboxylic acids is 1. The van der Waals surface area contributed by atoms with Crippen LogP contribution < -0.4 is 5.32 Å². The topological polar surface area (TPSA) is 84.8 Å². The predicted molar refractivity (Wildman–Crippen MR) is 84.4 cm³/mol. The molecule has 0 saturated heterocycles. The van der Waals surface area contributed by atoms with Crippen molar-refractivity contribution in [1.82, 2.24) is 5.32 Å². The van der Waals surface area contributed by atoms with Crippen molar-refractivity contribution in [2.75, 3.05) is 11.5 Å². The van der Waals surface area contributed by atoms with Crippen LogP contribution in [0.3, 0.4) is 0 Å². The zero-order valence-electron chi connectivity index (χ0n) is 12.7. The lowest BCUT2D eigenvalue weighted by Gasteiger charge is -2.15. The first kappa shape index (κ1) is 16.5. The van der Waals surface area contributed by atoms with Gasteiger partial charge in [0.05, 0.1) is 11.5 Å². The first-order valence-electron chi connectivity index (χ1n) is 7.20. The molecule has 22 heavy (non-hydrogen) atoms. The van der Waals surface area contributed by atoms with E-state index in [1.54, 1.807) is 13.8 Å². The molecular weight excluding hydrogens is 304 g/mol. The number of nitrogens with one attached hydrogen (secondary N) is 1. The Hall–Kier alpha value is -1.89. The van der Waals surface area contributed by atoms with Crippen LogP contribution in [0.5, 0.6) is 0 Å². The molecule has 1 amide bonds. The Labute approximate surface area is 130 Å². The number of rotatable bonds is 6. The highest BCUT2D eigenvalue weighted by Crippen LogP contribution is 2.16. The minimum atomic E-state index is -3.13. The number of hydrogen-bond acceptors (Lipinski definition) is 5. The van der Waals surface area contributed by atoms with Crippen molar-refractivity contribution in [2.24, 2.45) is 5.16 Å². The average molecular weight is 324 g/mol. The van der Waals surface area contributed by atoms with Gasteiger partial charge in [-0.2, -0.15) is 0 Å². The fourth-order valence-electron chi connectivity index (χ4n) is 2.20. The second-order valence-electron chi connectivity index (χ2n) is 5.31. The Bertz CT molecular complexity index is 655. The number of amides is 1. The molecule has 2 unspecified atom stereocenters. The SMILES string of the molecule is CCS(=O)(=O)CC(C)NC(=O)C1CC(c2ccccc2)=NO1. The summed E-state index contributed by atoms with van der Waals surface area (Å²) < 4.78 is 23.1. The molecule has 1 aromatic carbocycles. The van der Waals surface area contributed by atoms with Gasteiger partial charge in [-0.05, 0) is 12.5 Å². The van der Waals surface area contributed by atoms with E-state index in [1.165, 1.54) is 0 Å². The van der Waals surface area contributed by atoms with Gasteiger partial charge in [-0.15, -0.1) is 0 Å². The molecule has 120 valence electrons. The van der Waals surface area contributed by atoms with E-state index in [9.17, 15) is 13.2 Å². The second kappa shape index (κ2) is 6.91. The Morgan fingerprint density at radius 2 is 2.09 bits per heavy atom. The van der Waals surface area contributed by atoms with Crippen molar-refractivity contribution < 1.29 is 18.0 Å². The molecule has 1 N–H and O–H groups in total. The maximum Gasteiger partial charge on any atom is 0.264 e. The van der Waals surface area contributed by atoms with Gasteiger partial charge in [0.2, 0.25) is 6.10 Å². The number of carbonyl (C=O) groups is 1. The van der Waals surface area contributed by atoms with E-state index in [4.69, 9.17) is 4.84 Å². The third-order valence-electron chi connectivity index (χ3n) is 3.40. The van der Waals surface area contributed by atoms with Crippen LogP contribution in [0.15, 0.2) is 35.5 Å². The lowest BCUT2D eigenvalue weighted by molar-refractivity contribution is -0.131. The summed E-state index contributed by atoms with van der Waals surface area (Å²) in [6.45, 7) is 3.25. The van der Waals surface area contributed by atoms with Crippen LogP contribution in [0.2, 0.25) is 0 Å². The van der Waals surface area contributed by atoms with Crippen molar-refractivity contribution in [3.05, 3.63) is 35.9 Å². The number of hydrogen-bond donors (Lipinski definition) is 1. The highest BCUT2D eigenvalue weighted by atomic mass is 32.2. The zero-order chi connectivity index (χ0) is 16.2. The van der Waals surface area contributed by atoms with Crippen LogP contribution in [0.1, 0.15) is 25.8 Å². The van der Waals surface area contributed by atoms with Crippen LogP contribution in [0.4, 0.5) is 0 Å². The van der Waals surface area contributed by atoms with Crippen LogP contribution in [-0.4, -0.2) is 43.7 Å². The highest BCUT2D eigenvalue weighted by Gasteiger charge is 2.30. The molecule has 0 aliphatic carbocycles. The van der Waals surface area contributed by atoms with Crippen LogP contribution in [0, 0.1) is 0 Å². The minimum absolute atomic E-state index is 0.0639. The summed E-state index contributed by atoms with van der Waals surface area (Å²) in [5.74, 6) is -0.351. The molecule has 0 spiro atoms. The summed E-state index contributed by atoms with van der Waals surface area (Å²) in [6, 6.07) is 9.03. The van der Waals surface area contributed by atoms with Gasteiger partial charge in [-0.25, -0.2) is 8.42 Å². The summed E-state index contributed by atoms with van der Waals surface area (Å²) >= 11 is 0.